The van der Waals surface area contributed by atoms with Crippen molar-refractivity contribution < 1.29 is 9.34 Å². The van der Waals surface area contributed by atoms with Crippen LogP contribution in [0.4, 0.5) is 5.69 Å². The molecular formula is C10H7NO4. The number of non-ortho nitro benzene ring substituents is 1. The van der Waals surface area contributed by atoms with Crippen molar-refractivity contribution in [2.24, 2.45) is 0 Å². The monoisotopic (exact) mass is 205 g/mol. The molecule has 5 heteroatoms. The SMILES string of the molecule is Cc1cc(=O)oc2c([N+](=O)[O-])cccc12. The van der Waals surface area contributed by atoms with E-state index in [2.05, 4.69) is 0 Å². The van der Waals surface area contributed by atoms with Crippen molar-refractivity contribution in [3.8, 4) is 0 Å². The quantitative estimate of drug-likeness (QED) is 0.405. The molecule has 5 nitrogen and oxygen atoms in total. The fourth-order valence-corrected chi connectivity index (χ4v) is 1.47. The molecule has 15 heavy (non-hydrogen) atoms. The summed E-state index contributed by atoms with van der Waals surface area (Å²) in [6.45, 7) is 1.71. The topological polar surface area (TPSA) is 73.3 Å². The molecule has 0 aliphatic rings. The van der Waals surface area contributed by atoms with Gasteiger partial charge in [0.25, 0.3) is 0 Å². The molecule has 1 aromatic carbocycles. The predicted molar refractivity (Wildman–Crippen MR) is 53.9 cm³/mol. The van der Waals surface area contributed by atoms with Gasteiger partial charge in [-0.25, -0.2) is 4.79 Å². The number of nitro groups is 1. The number of nitrogens with zero attached hydrogens (tertiary/aromatic N) is 1. The summed E-state index contributed by atoms with van der Waals surface area (Å²) in [4.78, 5) is 21.2. The lowest BCUT2D eigenvalue weighted by Crippen LogP contribution is -1.99. The standard InChI is InChI=1S/C10H7NO4/c1-6-5-9(12)15-10-7(6)3-2-4-8(10)11(13)14/h2-5H,1H3. The van der Waals surface area contributed by atoms with Crippen LogP contribution in [-0.4, -0.2) is 4.92 Å². The molecule has 0 aliphatic carbocycles. The number of rotatable bonds is 1. The fourth-order valence-electron chi connectivity index (χ4n) is 1.47. The van der Waals surface area contributed by atoms with E-state index in [0.717, 1.165) is 0 Å². The van der Waals surface area contributed by atoms with Gasteiger partial charge in [-0.05, 0) is 12.5 Å². The molecule has 0 aliphatic heterocycles. The number of aryl methyl sites for hydroxylation is 1. The Balaban J connectivity index is 2.97. The van der Waals surface area contributed by atoms with E-state index in [1.165, 1.54) is 12.1 Å². The van der Waals surface area contributed by atoms with Gasteiger partial charge in [0.2, 0.25) is 5.58 Å². The average molecular weight is 205 g/mol. The van der Waals surface area contributed by atoms with Gasteiger partial charge in [0, 0.05) is 17.5 Å². The Labute approximate surface area is 84.1 Å². The summed E-state index contributed by atoms with van der Waals surface area (Å²) in [5.41, 5.74) is -0.0555. The van der Waals surface area contributed by atoms with Crippen molar-refractivity contribution in [2.75, 3.05) is 0 Å². The summed E-state index contributed by atoms with van der Waals surface area (Å²) in [6.07, 6.45) is 0. The van der Waals surface area contributed by atoms with Crippen LogP contribution in [0.5, 0.6) is 0 Å². The number of nitro benzene ring substituents is 1. The molecule has 0 saturated heterocycles. The molecule has 0 unspecified atom stereocenters. The first kappa shape index (κ1) is 9.39. The Kier molecular flexibility index (Phi) is 2.00. The summed E-state index contributed by atoms with van der Waals surface area (Å²) in [7, 11) is 0. The predicted octanol–water partition coefficient (Wildman–Crippen LogP) is 2.01. The van der Waals surface area contributed by atoms with E-state index in [-0.39, 0.29) is 11.3 Å². The third-order valence-corrected chi connectivity index (χ3v) is 2.15. The van der Waals surface area contributed by atoms with Gasteiger partial charge < -0.3 is 4.42 Å². The summed E-state index contributed by atoms with van der Waals surface area (Å²) < 4.78 is 4.84. The molecule has 2 aromatic rings. The second-order valence-electron chi connectivity index (χ2n) is 3.16. The van der Waals surface area contributed by atoms with Crippen LogP contribution in [0.25, 0.3) is 11.0 Å². The lowest BCUT2D eigenvalue weighted by atomic mass is 10.1. The number of hydrogen-bond acceptors (Lipinski definition) is 4. The van der Waals surface area contributed by atoms with Crippen LogP contribution in [0.15, 0.2) is 33.5 Å². The minimum Gasteiger partial charge on any atom is -0.415 e. The van der Waals surface area contributed by atoms with E-state index in [4.69, 9.17) is 4.42 Å². The maximum Gasteiger partial charge on any atom is 0.336 e. The van der Waals surface area contributed by atoms with Crippen LogP contribution in [0.1, 0.15) is 5.56 Å². The van der Waals surface area contributed by atoms with Crippen LogP contribution in [-0.2, 0) is 0 Å². The minimum absolute atomic E-state index is 0.0347. The van der Waals surface area contributed by atoms with Gasteiger partial charge in [0.15, 0.2) is 0 Å². The van der Waals surface area contributed by atoms with Crippen LogP contribution in [0.2, 0.25) is 0 Å². The molecule has 0 bridgehead atoms. The van der Waals surface area contributed by atoms with E-state index in [1.807, 2.05) is 0 Å². The van der Waals surface area contributed by atoms with Crippen molar-refractivity contribution in [2.45, 2.75) is 6.92 Å². The first-order valence-corrected chi connectivity index (χ1v) is 4.27. The number of benzene rings is 1. The van der Waals surface area contributed by atoms with Crippen molar-refractivity contribution in [3.63, 3.8) is 0 Å². The van der Waals surface area contributed by atoms with E-state index >= 15 is 0 Å². The van der Waals surface area contributed by atoms with Gasteiger partial charge in [0.1, 0.15) is 0 Å². The Morgan fingerprint density at radius 3 is 2.80 bits per heavy atom. The van der Waals surface area contributed by atoms with Gasteiger partial charge in [-0.2, -0.15) is 0 Å². The lowest BCUT2D eigenvalue weighted by Gasteiger charge is -1.99. The number of para-hydroxylation sites is 1. The first-order chi connectivity index (χ1) is 7.09. The Morgan fingerprint density at radius 1 is 1.40 bits per heavy atom. The van der Waals surface area contributed by atoms with E-state index in [0.29, 0.717) is 10.9 Å². The molecule has 2 rings (SSSR count). The summed E-state index contributed by atoms with van der Waals surface area (Å²) in [6, 6.07) is 5.87. The zero-order valence-corrected chi connectivity index (χ0v) is 7.89. The van der Waals surface area contributed by atoms with Gasteiger partial charge in [-0.15, -0.1) is 0 Å². The highest BCUT2D eigenvalue weighted by Crippen LogP contribution is 2.25. The normalized spacial score (nSPS) is 10.5. The summed E-state index contributed by atoms with van der Waals surface area (Å²) >= 11 is 0. The van der Waals surface area contributed by atoms with Crippen LogP contribution in [0.3, 0.4) is 0 Å². The molecule has 0 N–H and O–H groups in total. The highest BCUT2D eigenvalue weighted by atomic mass is 16.6. The summed E-state index contributed by atoms with van der Waals surface area (Å²) in [5.74, 6) is 0. The van der Waals surface area contributed by atoms with Gasteiger partial charge in [-0.1, -0.05) is 12.1 Å². The molecule has 0 fully saturated rings. The second kappa shape index (κ2) is 3.20. The third kappa shape index (κ3) is 1.48. The minimum atomic E-state index is -0.575. The second-order valence-corrected chi connectivity index (χ2v) is 3.16. The van der Waals surface area contributed by atoms with E-state index < -0.39 is 10.5 Å². The van der Waals surface area contributed by atoms with Crippen molar-refractivity contribution >= 4 is 16.7 Å². The molecule has 76 valence electrons. The average Bonchev–Trinajstić information content (AvgIpc) is 2.16. The third-order valence-electron chi connectivity index (χ3n) is 2.15. The van der Waals surface area contributed by atoms with Crippen LogP contribution >= 0.6 is 0 Å². The zero-order valence-electron chi connectivity index (χ0n) is 7.89. The van der Waals surface area contributed by atoms with Gasteiger partial charge >= 0.3 is 11.3 Å². The smallest absolute Gasteiger partial charge is 0.336 e. The van der Waals surface area contributed by atoms with Crippen LogP contribution < -0.4 is 5.63 Å². The number of hydrogen-bond donors (Lipinski definition) is 0. The fraction of sp³-hybridized carbons (Fsp3) is 0.100. The van der Waals surface area contributed by atoms with Crippen molar-refractivity contribution in [1.29, 1.82) is 0 Å². The number of fused-ring (bicyclic) bond motifs is 1. The molecule has 0 radical (unpaired) electrons. The molecule has 0 atom stereocenters. The Bertz CT molecular complexity index is 600. The van der Waals surface area contributed by atoms with Crippen LogP contribution in [0, 0.1) is 17.0 Å². The van der Waals surface area contributed by atoms with E-state index in [9.17, 15) is 14.9 Å². The molecule has 0 spiro atoms. The van der Waals surface area contributed by atoms with E-state index in [1.54, 1.807) is 19.1 Å². The molecule has 1 heterocycles. The summed E-state index contributed by atoms with van der Waals surface area (Å²) in [5, 5.41) is 11.3. The van der Waals surface area contributed by atoms with Crippen molar-refractivity contribution in [3.05, 3.63) is 50.4 Å². The van der Waals surface area contributed by atoms with Gasteiger partial charge in [-0.3, -0.25) is 10.1 Å². The van der Waals surface area contributed by atoms with Gasteiger partial charge in [0.05, 0.1) is 4.92 Å². The molecule has 0 amide bonds. The highest BCUT2D eigenvalue weighted by Gasteiger charge is 2.15. The maximum atomic E-state index is 11.1. The molecule has 1 aromatic heterocycles. The van der Waals surface area contributed by atoms with Crippen molar-refractivity contribution in [1.82, 2.24) is 0 Å². The Hall–Kier alpha value is -2.17. The lowest BCUT2D eigenvalue weighted by molar-refractivity contribution is -0.383. The maximum absolute atomic E-state index is 11.1. The highest BCUT2D eigenvalue weighted by molar-refractivity contribution is 5.87. The largest absolute Gasteiger partial charge is 0.415 e. The Morgan fingerprint density at radius 2 is 2.13 bits per heavy atom. The molecular weight excluding hydrogens is 198 g/mol. The zero-order chi connectivity index (χ0) is 11.0. The first-order valence-electron chi connectivity index (χ1n) is 4.27. The molecule has 0 saturated carbocycles.